The van der Waals surface area contributed by atoms with Crippen molar-refractivity contribution in [2.24, 2.45) is 0 Å². The van der Waals surface area contributed by atoms with Crippen molar-refractivity contribution < 1.29 is 9.21 Å². The highest BCUT2D eigenvalue weighted by molar-refractivity contribution is 5.93. The summed E-state index contributed by atoms with van der Waals surface area (Å²) in [5.74, 6) is 0.573. The fourth-order valence-corrected chi connectivity index (χ4v) is 2.74. The van der Waals surface area contributed by atoms with E-state index in [-0.39, 0.29) is 23.6 Å². The summed E-state index contributed by atoms with van der Waals surface area (Å²) in [6.07, 6.45) is 1.46. The highest BCUT2D eigenvalue weighted by Gasteiger charge is 2.16. The highest BCUT2D eigenvalue weighted by Crippen LogP contribution is 2.16. The Hall–Kier alpha value is -3.15. The average Bonchev–Trinajstić information content (AvgIpc) is 3.18. The number of imidazole rings is 1. The number of hydrogen-bond donors (Lipinski definition) is 0. The summed E-state index contributed by atoms with van der Waals surface area (Å²) in [5, 5.41) is 0. The maximum Gasteiger partial charge on any atom is 0.259 e. The zero-order valence-electron chi connectivity index (χ0n) is 12.4. The smallest absolute Gasteiger partial charge is 0.259 e. The maximum absolute atomic E-state index is 12.3. The summed E-state index contributed by atoms with van der Waals surface area (Å²) in [5.41, 5.74) is 1.96. The number of ketones is 1. The van der Waals surface area contributed by atoms with Crippen molar-refractivity contribution >= 4 is 22.6 Å². The molecule has 1 aromatic carbocycles. The van der Waals surface area contributed by atoms with Crippen LogP contribution in [0.3, 0.4) is 0 Å². The molecule has 0 atom stereocenters. The van der Waals surface area contributed by atoms with E-state index in [9.17, 15) is 9.59 Å². The average molecular weight is 307 g/mol. The number of nitrogens with zero attached hydrogens (tertiary/aromatic N) is 3. The molecule has 0 aliphatic heterocycles. The molecule has 3 heterocycles. The van der Waals surface area contributed by atoms with Crippen LogP contribution in [0.5, 0.6) is 0 Å². The standard InChI is InChI=1S/C17H13N3O3/c1-11-9-16(22)20-13-6-3-2-5-12(13)18-17(20)19(11)10-14(21)15-7-4-8-23-15/h2-9H,10H2,1H3. The summed E-state index contributed by atoms with van der Waals surface area (Å²) < 4.78 is 8.40. The molecule has 6 nitrogen and oxygen atoms in total. The summed E-state index contributed by atoms with van der Waals surface area (Å²) in [7, 11) is 0. The van der Waals surface area contributed by atoms with Gasteiger partial charge in [0.05, 0.1) is 23.8 Å². The van der Waals surface area contributed by atoms with E-state index in [0.717, 1.165) is 11.0 Å². The third-order valence-corrected chi connectivity index (χ3v) is 3.86. The zero-order chi connectivity index (χ0) is 16.0. The number of benzene rings is 1. The molecule has 0 spiro atoms. The molecule has 0 aliphatic rings. The van der Waals surface area contributed by atoms with Crippen molar-refractivity contribution in [3.8, 4) is 0 Å². The Morgan fingerprint density at radius 1 is 1.22 bits per heavy atom. The van der Waals surface area contributed by atoms with Gasteiger partial charge in [0.1, 0.15) is 0 Å². The molecule has 23 heavy (non-hydrogen) atoms. The first kappa shape index (κ1) is 13.5. The minimum absolute atomic E-state index is 0.0620. The van der Waals surface area contributed by atoms with E-state index in [0.29, 0.717) is 11.5 Å². The molecule has 0 aliphatic carbocycles. The Kier molecular flexibility index (Phi) is 2.90. The third-order valence-electron chi connectivity index (χ3n) is 3.86. The van der Waals surface area contributed by atoms with Crippen molar-refractivity contribution in [3.63, 3.8) is 0 Å². The number of aryl methyl sites for hydroxylation is 1. The molecule has 0 bridgehead atoms. The fraction of sp³-hybridized carbons (Fsp3) is 0.118. The zero-order valence-corrected chi connectivity index (χ0v) is 12.4. The summed E-state index contributed by atoms with van der Waals surface area (Å²) in [4.78, 5) is 29.2. The molecule has 0 saturated carbocycles. The predicted molar refractivity (Wildman–Crippen MR) is 84.7 cm³/mol. The number of para-hydroxylation sites is 2. The van der Waals surface area contributed by atoms with Gasteiger partial charge in [-0.25, -0.2) is 9.38 Å². The number of carbonyl (C=O) groups is 1. The fourth-order valence-electron chi connectivity index (χ4n) is 2.74. The minimum Gasteiger partial charge on any atom is -0.461 e. The van der Waals surface area contributed by atoms with E-state index in [1.165, 1.54) is 16.7 Å². The Morgan fingerprint density at radius 3 is 2.83 bits per heavy atom. The van der Waals surface area contributed by atoms with Gasteiger partial charge in [-0.2, -0.15) is 0 Å². The quantitative estimate of drug-likeness (QED) is 0.545. The first-order valence-corrected chi connectivity index (χ1v) is 7.19. The van der Waals surface area contributed by atoms with Gasteiger partial charge in [-0.05, 0) is 31.2 Å². The molecule has 0 fully saturated rings. The van der Waals surface area contributed by atoms with Crippen LogP contribution in [0.4, 0.5) is 0 Å². The number of hydrogen-bond acceptors (Lipinski definition) is 4. The van der Waals surface area contributed by atoms with Crippen LogP contribution >= 0.6 is 0 Å². The molecule has 4 aromatic rings. The number of Topliss-reactive ketones (excluding diaryl/α,β-unsaturated/α-hetero) is 1. The summed E-state index contributed by atoms with van der Waals surface area (Å²) in [6, 6.07) is 12.2. The number of carbonyl (C=O) groups excluding carboxylic acids is 1. The predicted octanol–water partition coefficient (Wildman–Crippen LogP) is 2.43. The van der Waals surface area contributed by atoms with Crippen molar-refractivity contribution in [2.45, 2.75) is 13.5 Å². The Bertz CT molecular complexity index is 1090. The highest BCUT2D eigenvalue weighted by atomic mass is 16.3. The van der Waals surface area contributed by atoms with Crippen molar-refractivity contribution in [3.05, 3.63) is 70.5 Å². The first-order chi connectivity index (χ1) is 11.1. The van der Waals surface area contributed by atoms with Gasteiger partial charge in [-0.1, -0.05) is 12.1 Å². The van der Waals surface area contributed by atoms with Crippen molar-refractivity contribution in [1.82, 2.24) is 14.0 Å². The first-order valence-electron chi connectivity index (χ1n) is 7.19. The lowest BCUT2D eigenvalue weighted by molar-refractivity contribution is 0.0945. The summed E-state index contributed by atoms with van der Waals surface area (Å²) >= 11 is 0. The lowest BCUT2D eigenvalue weighted by Crippen LogP contribution is -2.22. The lowest BCUT2D eigenvalue weighted by Gasteiger charge is -2.10. The number of furan rings is 1. The monoisotopic (exact) mass is 307 g/mol. The van der Waals surface area contributed by atoms with Gasteiger partial charge in [0.15, 0.2) is 5.76 Å². The third kappa shape index (κ3) is 2.07. The minimum atomic E-state index is -0.171. The lowest BCUT2D eigenvalue weighted by atomic mass is 10.3. The molecule has 0 saturated heterocycles. The van der Waals surface area contributed by atoms with E-state index < -0.39 is 0 Å². The van der Waals surface area contributed by atoms with Gasteiger partial charge in [0.2, 0.25) is 11.6 Å². The summed E-state index contributed by atoms with van der Waals surface area (Å²) in [6.45, 7) is 1.85. The molecular formula is C17H13N3O3. The Morgan fingerprint density at radius 2 is 2.04 bits per heavy atom. The topological polar surface area (TPSA) is 69.5 Å². The van der Waals surface area contributed by atoms with E-state index in [1.54, 1.807) is 23.6 Å². The molecule has 3 aromatic heterocycles. The van der Waals surface area contributed by atoms with Crippen molar-refractivity contribution in [1.29, 1.82) is 0 Å². The largest absolute Gasteiger partial charge is 0.461 e. The van der Waals surface area contributed by atoms with Gasteiger partial charge in [0, 0.05) is 11.8 Å². The molecule has 0 amide bonds. The molecule has 4 rings (SSSR count). The second-order valence-corrected chi connectivity index (χ2v) is 5.35. The normalized spacial score (nSPS) is 11.3. The SMILES string of the molecule is Cc1cc(=O)n2c3ccccc3nc2n1CC(=O)c1ccco1. The molecule has 0 radical (unpaired) electrons. The maximum atomic E-state index is 12.3. The number of rotatable bonds is 3. The van der Waals surface area contributed by atoms with E-state index >= 15 is 0 Å². The van der Waals surface area contributed by atoms with Gasteiger partial charge in [-0.15, -0.1) is 0 Å². The number of fused-ring (bicyclic) bond motifs is 3. The number of aromatic nitrogens is 3. The van der Waals surface area contributed by atoms with Gasteiger partial charge >= 0.3 is 0 Å². The Labute approximate surface area is 130 Å². The molecular weight excluding hydrogens is 294 g/mol. The van der Waals surface area contributed by atoms with Crippen LogP contribution in [-0.4, -0.2) is 19.7 Å². The van der Waals surface area contributed by atoms with Crippen LogP contribution in [0.2, 0.25) is 0 Å². The van der Waals surface area contributed by atoms with Crippen molar-refractivity contribution in [2.75, 3.05) is 0 Å². The van der Waals surface area contributed by atoms with Crippen LogP contribution in [-0.2, 0) is 6.54 Å². The molecule has 0 unspecified atom stereocenters. The van der Waals surface area contributed by atoms with Gasteiger partial charge < -0.3 is 8.98 Å². The second kappa shape index (κ2) is 4.95. The van der Waals surface area contributed by atoms with Gasteiger partial charge in [0.25, 0.3) is 5.56 Å². The molecule has 6 heteroatoms. The van der Waals surface area contributed by atoms with Crippen LogP contribution in [0.1, 0.15) is 16.2 Å². The van der Waals surface area contributed by atoms with E-state index in [1.807, 2.05) is 24.3 Å². The van der Waals surface area contributed by atoms with Crippen LogP contribution in [0.25, 0.3) is 16.8 Å². The van der Waals surface area contributed by atoms with Crippen LogP contribution in [0, 0.1) is 6.92 Å². The second-order valence-electron chi connectivity index (χ2n) is 5.35. The Balaban J connectivity index is 1.95. The van der Waals surface area contributed by atoms with E-state index in [4.69, 9.17) is 4.42 Å². The molecule has 0 N–H and O–H groups in total. The van der Waals surface area contributed by atoms with Gasteiger partial charge in [-0.3, -0.25) is 9.59 Å². The van der Waals surface area contributed by atoms with E-state index in [2.05, 4.69) is 4.98 Å². The molecule has 114 valence electrons. The van der Waals surface area contributed by atoms with Crippen LogP contribution in [0.15, 0.2) is 57.9 Å². The van der Waals surface area contributed by atoms with Crippen LogP contribution < -0.4 is 5.56 Å².